The standard InChI is InChI=1S/C16H11Cl2N3/c17-11-7-4-8-12(18)15(11)16-20-13(9-14(19)21-16)10-5-2-1-3-6-10/h1-9H,(H2,19,20,21). The molecular weight excluding hydrogens is 305 g/mol. The molecule has 2 N–H and O–H groups in total. The monoisotopic (exact) mass is 315 g/mol. The van der Waals surface area contributed by atoms with Gasteiger partial charge in [0.25, 0.3) is 0 Å². The number of anilines is 1. The summed E-state index contributed by atoms with van der Waals surface area (Å²) in [6.07, 6.45) is 0. The molecule has 0 aliphatic heterocycles. The zero-order chi connectivity index (χ0) is 14.8. The minimum atomic E-state index is 0.370. The van der Waals surface area contributed by atoms with Gasteiger partial charge >= 0.3 is 0 Å². The minimum Gasteiger partial charge on any atom is -0.384 e. The van der Waals surface area contributed by atoms with E-state index in [1.807, 2.05) is 30.3 Å². The molecule has 0 atom stereocenters. The van der Waals surface area contributed by atoms with E-state index < -0.39 is 0 Å². The summed E-state index contributed by atoms with van der Waals surface area (Å²) in [5.41, 5.74) is 8.17. The van der Waals surface area contributed by atoms with Gasteiger partial charge in [0.2, 0.25) is 0 Å². The van der Waals surface area contributed by atoms with Gasteiger partial charge in [-0.1, -0.05) is 59.6 Å². The Morgan fingerprint density at radius 2 is 1.48 bits per heavy atom. The molecular formula is C16H11Cl2N3. The molecule has 0 fully saturated rings. The van der Waals surface area contributed by atoms with Crippen molar-refractivity contribution in [2.45, 2.75) is 0 Å². The summed E-state index contributed by atoms with van der Waals surface area (Å²) in [6, 6.07) is 16.7. The maximum absolute atomic E-state index is 6.21. The van der Waals surface area contributed by atoms with Gasteiger partial charge < -0.3 is 5.73 Å². The maximum Gasteiger partial charge on any atom is 0.165 e. The number of hydrogen-bond donors (Lipinski definition) is 1. The first kappa shape index (κ1) is 13.9. The Kier molecular flexibility index (Phi) is 3.78. The maximum atomic E-state index is 6.21. The SMILES string of the molecule is Nc1cc(-c2ccccc2)nc(-c2c(Cl)cccc2Cl)n1. The quantitative estimate of drug-likeness (QED) is 0.745. The van der Waals surface area contributed by atoms with Gasteiger partial charge in [-0.25, -0.2) is 9.97 Å². The summed E-state index contributed by atoms with van der Waals surface area (Å²) >= 11 is 12.4. The third-order valence-electron chi connectivity index (χ3n) is 3.00. The smallest absolute Gasteiger partial charge is 0.165 e. The van der Waals surface area contributed by atoms with Crippen LogP contribution >= 0.6 is 23.2 Å². The lowest BCUT2D eigenvalue weighted by Crippen LogP contribution is -1.98. The Hall–Kier alpha value is -2.10. The molecule has 0 aliphatic rings. The van der Waals surface area contributed by atoms with Crippen molar-refractivity contribution >= 4 is 29.0 Å². The van der Waals surface area contributed by atoms with Crippen LogP contribution in [0, 0.1) is 0 Å². The van der Waals surface area contributed by atoms with E-state index in [1.165, 1.54) is 0 Å². The van der Waals surface area contributed by atoms with Gasteiger partial charge in [-0.15, -0.1) is 0 Å². The van der Waals surface area contributed by atoms with Crippen molar-refractivity contribution in [2.75, 3.05) is 5.73 Å². The van der Waals surface area contributed by atoms with Crippen LogP contribution < -0.4 is 5.73 Å². The highest BCUT2D eigenvalue weighted by Gasteiger charge is 2.13. The molecule has 0 aliphatic carbocycles. The van der Waals surface area contributed by atoms with Crippen LogP contribution in [-0.4, -0.2) is 9.97 Å². The van der Waals surface area contributed by atoms with Crippen LogP contribution in [0.5, 0.6) is 0 Å². The van der Waals surface area contributed by atoms with Gasteiger partial charge in [0, 0.05) is 11.6 Å². The molecule has 3 aromatic rings. The van der Waals surface area contributed by atoms with Crippen LogP contribution in [0.4, 0.5) is 5.82 Å². The normalized spacial score (nSPS) is 10.6. The summed E-state index contributed by atoms with van der Waals surface area (Å²) in [6.45, 7) is 0. The zero-order valence-corrected chi connectivity index (χ0v) is 12.4. The predicted octanol–water partition coefficient (Wildman–Crippen LogP) is 4.70. The van der Waals surface area contributed by atoms with Crippen LogP contribution in [0.3, 0.4) is 0 Å². The van der Waals surface area contributed by atoms with Crippen molar-refractivity contribution in [3.05, 3.63) is 64.6 Å². The molecule has 21 heavy (non-hydrogen) atoms. The Morgan fingerprint density at radius 1 is 0.810 bits per heavy atom. The Bertz CT molecular complexity index is 769. The average molecular weight is 316 g/mol. The third-order valence-corrected chi connectivity index (χ3v) is 3.63. The molecule has 0 unspecified atom stereocenters. The molecule has 0 amide bonds. The second kappa shape index (κ2) is 5.72. The number of benzene rings is 2. The molecule has 5 heteroatoms. The van der Waals surface area contributed by atoms with Gasteiger partial charge in [0.15, 0.2) is 5.82 Å². The van der Waals surface area contributed by atoms with E-state index >= 15 is 0 Å². The zero-order valence-electron chi connectivity index (χ0n) is 10.9. The van der Waals surface area contributed by atoms with Crippen molar-refractivity contribution < 1.29 is 0 Å². The Morgan fingerprint density at radius 3 is 2.14 bits per heavy atom. The Balaban J connectivity index is 2.19. The van der Waals surface area contributed by atoms with E-state index in [0.29, 0.717) is 27.3 Å². The van der Waals surface area contributed by atoms with E-state index in [0.717, 1.165) is 11.3 Å². The van der Waals surface area contributed by atoms with Crippen molar-refractivity contribution in [1.82, 2.24) is 9.97 Å². The molecule has 0 saturated carbocycles. The summed E-state index contributed by atoms with van der Waals surface area (Å²) in [5, 5.41) is 0.985. The summed E-state index contributed by atoms with van der Waals surface area (Å²) in [7, 11) is 0. The second-order valence-electron chi connectivity index (χ2n) is 4.46. The van der Waals surface area contributed by atoms with E-state index in [1.54, 1.807) is 24.3 Å². The van der Waals surface area contributed by atoms with Crippen LogP contribution in [-0.2, 0) is 0 Å². The number of hydrogen-bond acceptors (Lipinski definition) is 3. The highest BCUT2D eigenvalue weighted by Crippen LogP contribution is 2.33. The number of nitrogens with zero attached hydrogens (tertiary/aromatic N) is 2. The Labute approximate surface area is 132 Å². The highest BCUT2D eigenvalue weighted by molar-refractivity contribution is 6.39. The van der Waals surface area contributed by atoms with Crippen LogP contribution in [0.1, 0.15) is 0 Å². The van der Waals surface area contributed by atoms with Crippen molar-refractivity contribution in [3.8, 4) is 22.6 Å². The van der Waals surface area contributed by atoms with Gasteiger partial charge in [0.1, 0.15) is 5.82 Å². The number of halogens is 2. The number of nitrogen functional groups attached to an aromatic ring is 1. The lowest BCUT2D eigenvalue weighted by Gasteiger charge is -2.09. The van der Waals surface area contributed by atoms with Gasteiger partial charge in [0.05, 0.1) is 21.3 Å². The summed E-state index contributed by atoms with van der Waals surface area (Å²) < 4.78 is 0. The third kappa shape index (κ3) is 2.84. The first-order chi connectivity index (χ1) is 10.1. The highest BCUT2D eigenvalue weighted by atomic mass is 35.5. The summed E-state index contributed by atoms with van der Waals surface area (Å²) in [5.74, 6) is 0.791. The molecule has 0 bridgehead atoms. The molecule has 104 valence electrons. The van der Waals surface area contributed by atoms with Gasteiger partial charge in [-0.05, 0) is 12.1 Å². The molecule has 2 aromatic carbocycles. The van der Waals surface area contributed by atoms with Crippen LogP contribution in [0.2, 0.25) is 10.0 Å². The lowest BCUT2D eigenvalue weighted by atomic mass is 10.1. The average Bonchev–Trinajstić information content (AvgIpc) is 2.47. The molecule has 0 radical (unpaired) electrons. The van der Waals surface area contributed by atoms with E-state index in [-0.39, 0.29) is 0 Å². The van der Waals surface area contributed by atoms with E-state index in [9.17, 15) is 0 Å². The largest absolute Gasteiger partial charge is 0.384 e. The minimum absolute atomic E-state index is 0.370. The fraction of sp³-hybridized carbons (Fsp3) is 0. The first-order valence-corrected chi connectivity index (χ1v) is 7.05. The predicted molar refractivity (Wildman–Crippen MR) is 87.3 cm³/mol. The van der Waals surface area contributed by atoms with Crippen molar-refractivity contribution in [1.29, 1.82) is 0 Å². The topological polar surface area (TPSA) is 51.8 Å². The first-order valence-electron chi connectivity index (χ1n) is 6.29. The second-order valence-corrected chi connectivity index (χ2v) is 5.28. The van der Waals surface area contributed by atoms with Crippen LogP contribution in [0.15, 0.2) is 54.6 Å². The number of nitrogens with two attached hydrogens (primary N) is 1. The van der Waals surface area contributed by atoms with Gasteiger partial charge in [-0.3, -0.25) is 0 Å². The lowest BCUT2D eigenvalue weighted by molar-refractivity contribution is 1.19. The molecule has 3 nitrogen and oxygen atoms in total. The number of rotatable bonds is 2. The molecule has 1 aromatic heterocycles. The van der Waals surface area contributed by atoms with E-state index in [2.05, 4.69) is 9.97 Å². The van der Waals surface area contributed by atoms with Crippen molar-refractivity contribution in [3.63, 3.8) is 0 Å². The van der Waals surface area contributed by atoms with Crippen LogP contribution in [0.25, 0.3) is 22.6 Å². The fourth-order valence-corrected chi connectivity index (χ4v) is 2.61. The summed E-state index contributed by atoms with van der Waals surface area (Å²) in [4.78, 5) is 8.78. The molecule has 0 saturated heterocycles. The van der Waals surface area contributed by atoms with E-state index in [4.69, 9.17) is 28.9 Å². The molecule has 1 heterocycles. The fourth-order valence-electron chi connectivity index (χ4n) is 2.05. The van der Waals surface area contributed by atoms with Crippen molar-refractivity contribution in [2.24, 2.45) is 0 Å². The molecule has 3 rings (SSSR count). The van der Waals surface area contributed by atoms with Gasteiger partial charge in [-0.2, -0.15) is 0 Å². The molecule has 0 spiro atoms. The number of aromatic nitrogens is 2.